The van der Waals surface area contributed by atoms with E-state index in [1.165, 1.54) is 17.8 Å². The van der Waals surface area contributed by atoms with Crippen LogP contribution in [0.3, 0.4) is 0 Å². The zero-order chi connectivity index (χ0) is 12.8. The third kappa shape index (κ3) is 3.85. The SMILES string of the molecule is CCC(C)C(=O)CSc1ccccc1[N+](=O)[O-]. The molecule has 0 amide bonds. The van der Waals surface area contributed by atoms with Crippen LogP contribution in [0.2, 0.25) is 0 Å². The number of hydrogen-bond acceptors (Lipinski definition) is 4. The molecule has 1 rings (SSSR count). The van der Waals surface area contributed by atoms with Crippen LogP contribution in [0.5, 0.6) is 0 Å². The number of ketones is 1. The number of carbonyl (C=O) groups excluding carboxylic acids is 1. The number of nitrogens with zero attached hydrogens (tertiary/aromatic N) is 1. The van der Waals surface area contributed by atoms with E-state index in [2.05, 4.69) is 0 Å². The lowest BCUT2D eigenvalue weighted by molar-refractivity contribution is -0.387. The predicted molar refractivity (Wildman–Crippen MR) is 68.3 cm³/mol. The number of nitro groups is 1. The third-order valence-electron chi connectivity index (χ3n) is 2.59. The summed E-state index contributed by atoms with van der Waals surface area (Å²) in [6, 6.07) is 6.49. The summed E-state index contributed by atoms with van der Waals surface area (Å²) in [5.41, 5.74) is 0.0643. The number of carbonyl (C=O) groups is 1. The van der Waals surface area contributed by atoms with Gasteiger partial charge in [-0.3, -0.25) is 14.9 Å². The molecule has 0 N–H and O–H groups in total. The van der Waals surface area contributed by atoms with Gasteiger partial charge in [-0.05, 0) is 12.5 Å². The van der Waals surface area contributed by atoms with Gasteiger partial charge >= 0.3 is 0 Å². The minimum atomic E-state index is -0.421. The molecule has 1 aromatic carbocycles. The molecule has 0 fully saturated rings. The smallest absolute Gasteiger partial charge is 0.282 e. The van der Waals surface area contributed by atoms with Crippen LogP contribution in [0, 0.1) is 16.0 Å². The molecule has 4 nitrogen and oxygen atoms in total. The van der Waals surface area contributed by atoms with Crippen LogP contribution in [0.4, 0.5) is 5.69 Å². The summed E-state index contributed by atoms with van der Waals surface area (Å²) in [4.78, 5) is 22.5. The topological polar surface area (TPSA) is 60.2 Å². The van der Waals surface area contributed by atoms with Gasteiger partial charge in [-0.1, -0.05) is 26.0 Å². The van der Waals surface area contributed by atoms with E-state index in [0.29, 0.717) is 10.6 Å². The Labute approximate surface area is 105 Å². The summed E-state index contributed by atoms with van der Waals surface area (Å²) >= 11 is 1.24. The van der Waals surface area contributed by atoms with Crippen molar-refractivity contribution in [2.75, 3.05) is 5.75 Å². The fourth-order valence-electron chi connectivity index (χ4n) is 1.25. The van der Waals surface area contributed by atoms with E-state index >= 15 is 0 Å². The van der Waals surface area contributed by atoms with Crippen LogP contribution in [-0.4, -0.2) is 16.5 Å². The number of Topliss-reactive ketones (excluding diaryl/α,β-unsaturated/α-hetero) is 1. The fourth-order valence-corrected chi connectivity index (χ4v) is 2.30. The molecule has 17 heavy (non-hydrogen) atoms. The van der Waals surface area contributed by atoms with Gasteiger partial charge in [0.05, 0.1) is 15.6 Å². The molecule has 92 valence electrons. The summed E-state index contributed by atoms with van der Waals surface area (Å²) in [5.74, 6) is 0.445. The molecular formula is C12H15NO3S. The Balaban J connectivity index is 2.69. The first-order valence-electron chi connectivity index (χ1n) is 5.45. The van der Waals surface area contributed by atoms with E-state index in [4.69, 9.17) is 0 Å². The van der Waals surface area contributed by atoms with Crippen molar-refractivity contribution in [2.45, 2.75) is 25.2 Å². The predicted octanol–water partition coefficient (Wildman–Crippen LogP) is 3.30. The van der Waals surface area contributed by atoms with E-state index in [0.717, 1.165) is 6.42 Å². The maximum atomic E-state index is 11.6. The molecular weight excluding hydrogens is 238 g/mol. The van der Waals surface area contributed by atoms with Gasteiger partial charge in [0.15, 0.2) is 0 Å². The highest BCUT2D eigenvalue weighted by Gasteiger charge is 2.16. The maximum Gasteiger partial charge on any atom is 0.282 e. The van der Waals surface area contributed by atoms with Gasteiger partial charge in [0, 0.05) is 12.0 Å². The number of thioether (sulfide) groups is 1. The van der Waals surface area contributed by atoms with Crippen molar-refractivity contribution in [1.29, 1.82) is 0 Å². The Morgan fingerprint density at radius 1 is 1.47 bits per heavy atom. The average Bonchev–Trinajstić information content (AvgIpc) is 2.35. The average molecular weight is 253 g/mol. The van der Waals surface area contributed by atoms with Crippen molar-refractivity contribution in [3.8, 4) is 0 Å². The van der Waals surface area contributed by atoms with Crippen molar-refractivity contribution < 1.29 is 9.72 Å². The van der Waals surface area contributed by atoms with Crippen molar-refractivity contribution in [3.63, 3.8) is 0 Å². The molecule has 5 heteroatoms. The second-order valence-corrected chi connectivity index (χ2v) is 4.81. The number of benzene rings is 1. The summed E-state index contributed by atoms with van der Waals surface area (Å²) < 4.78 is 0. The van der Waals surface area contributed by atoms with Crippen molar-refractivity contribution in [3.05, 3.63) is 34.4 Å². The van der Waals surface area contributed by atoms with Gasteiger partial charge in [-0.15, -0.1) is 11.8 Å². The first-order chi connectivity index (χ1) is 8.06. The quantitative estimate of drug-likeness (QED) is 0.443. The van der Waals surface area contributed by atoms with Gasteiger partial charge in [-0.2, -0.15) is 0 Å². The molecule has 1 aromatic rings. The van der Waals surface area contributed by atoms with E-state index in [-0.39, 0.29) is 17.4 Å². The molecule has 0 aliphatic carbocycles. The third-order valence-corrected chi connectivity index (χ3v) is 3.68. The van der Waals surface area contributed by atoms with Crippen LogP contribution in [-0.2, 0) is 4.79 Å². The molecule has 0 saturated heterocycles. The van der Waals surface area contributed by atoms with Crippen LogP contribution in [0.1, 0.15) is 20.3 Å². The van der Waals surface area contributed by atoms with Crippen molar-refractivity contribution in [1.82, 2.24) is 0 Å². The second kappa shape index (κ2) is 6.39. The largest absolute Gasteiger partial charge is 0.298 e. The number of hydrogen-bond donors (Lipinski definition) is 0. The Morgan fingerprint density at radius 2 is 2.12 bits per heavy atom. The normalized spacial score (nSPS) is 12.1. The molecule has 0 heterocycles. The Kier molecular flexibility index (Phi) is 5.15. The Hall–Kier alpha value is -1.36. The highest BCUT2D eigenvalue weighted by atomic mass is 32.2. The first kappa shape index (κ1) is 13.7. The van der Waals surface area contributed by atoms with Gasteiger partial charge in [0.25, 0.3) is 5.69 Å². The molecule has 0 saturated carbocycles. The Morgan fingerprint density at radius 3 is 2.71 bits per heavy atom. The van der Waals surface area contributed by atoms with Crippen molar-refractivity contribution >= 4 is 23.2 Å². The number of para-hydroxylation sites is 1. The molecule has 0 aliphatic rings. The molecule has 0 spiro atoms. The molecule has 0 radical (unpaired) electrons. The Bertz CT molecular complexity index is 420. The highest BCUT2D eigenvalue weighted by molar-refractivity contribution is 8.00. The standard InChI is InChI=1S/C12H15NO3S/c1-3-9(2)11(14)8-17-12-7-5-4-6-10(12)13(15)16/h4-7,9H,3,8H2,1-2H3. The lowest BCUT2D eigenvalue weighted by Gasteiger charge is -2.06. The zero-order valence-electron chi connectivity index (χ0n) is 9.88. The summed E-state index contributed by atoms with van der Waals surface area (Å²) in [5, 5.41) is 10.8. The number of rotatable bonds is 6. The lowest BCUT2D eigenvalue weighted by atomic mass is 10.1. The monoisotopic (exact) mass is 253 g/mol. The van der Waals surface area contributed by atoms with E-state index < -0.39 is 4.92 Å². The molecule has 0 aromatic heterocycles. The molecule has 1 unspecified atom stereocenters. The van der Waals surface area contributed by atoms with Crippen LogP contribution in [0.25, 0.3) is 0 Å². The minimum Gasteiger partial charge on any atom is -0.298 e. The van der Waals surface area contributed by atoms with Gasteiger partial charge in [0.2, 0.25) is 0 Å². The summed E-state index contributed by atoms with van der Waals surface area (Å²) in [7, 11) is 0. The maximum absolute atomic E-state index is 11.6. The van der Waals surface area contributed by atoms with E-state index in [1.807, 2.05) is 13.8 Å². The van der Waals surface area contributed by atoms with Crippen LogP contribution < -0.4 is 0 Å². The second-order valence-electron chi connectivity index (χ2n) is 3.79. The van der Waals surface area contributed by atoms with Gasteiger partial charge in [-0.25, -0.2) is 0 Å². The fraction of sp³-hybridized carbons (Fsp3) is 0.417. The van der Waals surface area contributed by atoms with Crippen molar-refractivity contribution in [2.24, 2.45) is 5.92 Å². The zero-order valence-corrected chi connectivity index (χ0v) is 10.7. The van der Waals surface area contributed by atoms with Crippen LogP contribution >= 0.6 is 11.8 Å². The number of nitro benzene ring substituents is 1. The molecule has 0 aliphatic heterocycles. The van der Waals surface area contributed by atoms with Gasteiger partial charge < -0.3 is 0 Å². The summed E-state index contributed by atoms with van der Waals surface area (Å²) in [6.45, 7) is 3.83. The molecule has 1 atom stereocenters. The van der Waals surface area contributed by atoms with E-state index in [1.54, 1.807) is 18.2 Å². The molecule has 0 bridgehead atoms. The minimum absolute atomic E-state index is 0.0188. The summed E-state index contributed by atoms with van der Waals surface area (Å²) in [6.07, 6.45) is 0.802. The van der Waals surface area contributed by atoms with Gasteiger partial charge in [0.1, 0.15) is 5.78 Å². The highest BCUT2D eigenvalue weighted by Crippen LogP contribution is 2.29. The lowest BCUT2D eigenvalue weighted by Crippen LogP contribution is -2.12. The van der Waals surface area contributed by atoms with Crippen LogP contribution in [0.15, 0.2) is 29.2 Å². The van der Waals surface area contributed by atoms with E-state index in [9.17, 15) is 14.9 Å². The first-order valence-corrected chi connectivity index (χ1v) is 6.43.